The van der Waals surface area contributed by atoms with Crippen molar-refractivity contribution < 1.29 is 14.3 Å². The first-order valence-corrected chi connectivity index (χ1v) is 10.7. The van der Waals surface area contributed by atoms with Gasteiger partial charge in [0.25, 0.3) is 5.91 Å². The number of likely N-dealkylation sites (tertiary alicyclic amines) is 1. The molecule has 2 aromatic heterocycles. The summed E-state index contributed by atoms with van der Waals surface area (Å²) in [6, 6.07) is 0. The van der Waals surface area contributed by atoms with Crippen molar-refractivity contribution in [1.82, 2.24) is 24.9 Å². The highest BCUT2D eigenvalue weighted by atomic mass is 32.1. The molecule has 28 heavy (non-hydrogen) atoms. The van der Waals surface area contributed by atoms with Gasteiger partial charge >= 0.3 is 0 Å². The summed E-state index contributed by atoms with van der Waals surface area (Å²) in [4.78, 5) is 19.4. The predicted molar refractivity (Wildman–Crippen MR) is 106 cm³/mol. The highest BCUT2D eigenvalue weighted by Gasteiger charge is 2.17. The molecule has 1 aliphatic rings. The van der Waals surface area contributed by atoms with Crippen LogP contribution in [0.5, 0.6) is 0 Å². The van der Waals surface area contributed by atoms with Crippen LogP contribution >= 0.6 is 11.3 Å². The number of piperidine rings is 1. The van der Waals surface area contributed by atoms with Crippen LogP contribution in [0.2, 0.25) is 0 Å². The van der Waals surface area contributed by atoms with Gasteiger partial charge in [-0.25, -0.2) is 9.67 Å². The van der Waals surface area contributed by atoms with Crippen LogP contribution in [0.25, 0.3) is 0 Å². The van der Waals surface area contributed by atoms with Gasteiger partial charge in [0, 0.05) is 25.1 Å². The van der Waals surface area contributed by atoms with Gasteiger partial charge in [0.15, 0.2) is 17.1 Å². The summed E-state index contributed by atoms with van der Waals surface area (Å²) in [7, 11) is 0. The lowest BCUT2D eigenvalue weighted by Crippen LogP contribution is -2.29. The molecule has 0 spiro atoms. The van der Waals surface area contributed by atoms with Crippen LogP contribution in [0.15, 0.2) is 11.6 Å². The summed E-state index contributed by atoms with van der Waals surface area (Å²) in [6.45, 7) is 8.32. The maximum atomic E-state index is 12.4. The average molecular weight is 409 g/mol. The number of aromatic nitrogens is 4. The number of ether oxygens (including phenoxy) is 2. The molecule has 0 unspecified atom stereocenters. The molecule has 1 aliphatic heterocycles. The number of nitrogens with zero attached hydrogens (tertiary/aromatic N) is 5. The van der Waals surface area contributed by atoms with Gasteiger partial charge < -0.3 is 9.47 Å². The Balaban J connectivity index is 1.52. The number of hydrogen-bond acceptors (Lipinski definition) is 8. The Kier molecular flexibility index (Phi) is 7.90. The largest absolute Gasteiger partial charge is 0.351 e. The highest BCUT2D eigenvalue weighted by Crippen LogP contribution is 2.19. The lowest BCUT2D eigenvalue weighted by atomic mass is 10.1. The number of anilines is 1. The number of hydrogen-bond donors (Lipinski definition) is 1. The Morgan fingerprint density at radius 2 is 2.00 bits per heavy atom. The first-order valence-electron chi connectivity index (χ1n) is 9.79. The van der Waals surface area contributed by atoms with E-state index in [1.165, 1.54) is 30.6 Å². The van der Waals surface area contributed by atoms with Gasteiger partial charge in [-0.1, -0.05) is 11.6 Å². The highest BCUT2D eigenvalue weighted by molar-refractivity contribution is 7.13. The lowest BCUT2D eigenvalue weighted by Gasteiger charge is -2.25. The van der Waals surface area contributed by atoms with Crippen molar-refractivity contribution >= 4 is 22.4 Å². The van der Waals surface area contributed by atoms with E-state index >= 15 is 0 Å². The molecule has 10 heteroatoms. The second kappa shape index (κ2) is 10.6. The maximum absolute atomic E-state index is 12.4. The summed E-state index contributed by atoms with van der Waals surface area (Å²) in [6.07, 6.45) is 4.98. The number of carbonyl (C=O) groups is 1. The minimum Gasteiger partial charge on any atom is -0.351 e. The third-order valence-corrected chi connectivity index (χ3v) is 5.23. The van der Waals surface area contributed by atoms with Crippen molar-refractivity contribution in [1.29, 1.82) is 0 Å². The number of nitrogens with one attached hydrogen (secondary N) is 1. The molecule has 1 saturated heterocycles. The van der Waals surface area contributed by atoms with Crippen molar-refractivity contribution in [3.05, 3.63) is 23.0 Å². The third kappa shape index (κ3) is 6.06. The third-order valence-electron chi connectivity index (χ3n) is 4.42. The zero-order chi connectivity index (χ0) is 19.8. The first-order chi connectivity index (χ1) is 13.7. The minimum atomic E-state index is -0.413. The van der Waals surface area contributed by atoms with Gasteiger partial charge in [-0.2, -0.15) is 0 Å². The molecule has 0 radical (unpaired) electrons. The topological polar surface area (TPSA) is 94.4 Å². The zero-order valence-corrected chi connectivity index (χ0v) is 17.3. The van der Waals surface area contributed by atoms with Crippen LogP contribution in [-0.4, -0.2) is 63.4 Å². The quantitative estimate of drug-likeness (QED) is 0.603. The molecule has 2 aromatic rings. The lowest BCUT2D eigenvalue weighted by molar-refractivity contribution is -0.145. The van der Waals surface area contributed by atoms with Crippen molar-refractivity contribution in [3.63, 3.8) is 0 Å². The Bertz CT molecular complexity index is 737. The Morgan fingerprint density at radius 1 is 1.25 bits per heavy atom. The Hall–Kier alpha value is -1.88. The van der Waals surface area contributed by atoms with Gasteiger partial charge in [0.1, 0.15) is 0 Å². The van der Waals surface area contributed by atoms with Gasteiger partial charge in [-0.3, -0.25) is 15.0 Å². The molecule has 1 amide bonds. The van der Waals surface area contributed by atoms with Crippen LogP contribution in [0, 0.1) is 0 Å². The van der Waals surface area contributed by atoms with E-state index < -0.39 is 6.29 Å². The standard InChI is InChI=1S/C18H28N6O3S/c1-3-26-16(27-4-2)12-24-11-15(21-22-24)17(25)20-18-19-14(13-28-18)10-23-8-6-5-7-9-23/h11,13,16H,3-10,12H2,1-2H3,(H,19,20,25). The fraction of sp³-hybridized carbons (Fsp3) is 0.667. The van der Waals surface area contributed by atoms with E-state index in [4.69, 9.17) is 9.47 Å². The van der Waals surface area contributed by atoms with Crippen LogP contribution in [-0.2, 0) is 22.6 Å². The summed E-state index contributed by atoms with van der Waals surface area (Å²) in [5.74, 6) is -0.325. The van der Waals surface area contributed by atoms with E-state index in [-0.39, 0.29) is 11.6 Å². The van der Waals surface area contributed by atoms with Crippen LogP contribution < -0.4 is 5.32 Å². The molecule has 9 nitrogen and oxygen atoms in total. The molecule has 0 atom stereocenters. The first kappa shape index (κ1) is 20.8. The SMILES string of the molecule is CCOC(Cn1cc(C(=O)Nc2nc(CN3CCCCC3)cs2)nn1)OCC. The maximum Gasteiger partial charge on any atom is 0.279 e. The number of amides is 1. The fourth-order valence-corrected chi connectivity index (χ4v) is 3.81. The Labute approximate surface area is 169 Å². The minimum absolute atomic E-state index is 0.236. The number of rotatable bonds is 10. The van der Waals surface area contributed by atoms with E-state index in [0.717, 1.165) is 25.3 Å². The van der Waals surface area contributed by atoms with Gasteiger partial charge in [0.2, 0.25) is 0 Å². The molecule has 154 valence electrons. The summed E-state index contributed by atoms with van der Waals surface area (Å²) < 4.78 is 12.5. The second-order valence-electron chi connectivity index (χ2n) is 6.60. The predicted octanol–water partition coefficient (Wildman–Crippen LogP) is 2.37. The average Bonchev–Trinajstić information content (AvgIpc) is 3.33. The molecule has 0 saturated carbocycles. The zero-order valence-electron chi connectivity index (χ0n) is 16.5. The summed E-state index contributed by atoms with van der Waals surface area (Å²) in [5, 5.41) is 13.3. The molecule has 3 heterocycles. The monoisotopic (exact) mass is 408 g/mol. The van der Waals surface area contributed by atoms with Crippen molar-refractivity contribution in [2.24, 2.45) is 0 Å². The normalized spacial score (nSPS) is 15.2. The fourth-order valence-electron chi connectivity index (χ4n) is 3.11. The van der Waals surface area contributed by atoms with E-state index in [9.17, 15) is 4.79 Å². The van der Waals surface area contributed by atoms with Crippen molar-refractivity contribution in [3.8, 4) is 0 Å². The summed E-state index contributed by atoms with van der Waals surface area (Å²) >= 11 is 1.43. The van der Waals surface area contributed by atoms with E-state index in [0.29, 0.717) is 24.9 Å². The molecule has 0 aliphatic carbocycles. The van der Waals surface area contributed by atoms with E-state index in [1.807, 2.05) is 19.2 Å². The molecule has 0 aromatic carbocycles. The number of thiazole rings is 1. The van der Waals surface area contributed by atoms with Gasteiger partial charge in [0.05, 0.1) is 18.4 Å². The van der Waals surface area contributed by atoms with E-state index in [1.54, 1.807) is 10.9 Å². The number of carbonyl (C=O) groups excluding carboxylic acids is 1. The molecular weight excluding hydrogens is 380 g/mol. The Morgan fingerprint density at radius 3 is 2.71 bits per heavy atom. The smallest absolute Gasteiger partial charge is 0.279 e. The molecular formula is C18H28N6O3S. The second-order valence-corrected chi connectivity index (χ2v) is 7.46. The van der Waals surface area contributed by atoms with Gasteiger partial charge in [-0.05, 0) is 39.8 Å². The van der Waals surface area contributed by atoms with E-state index in [2.05, 4.69) is 25.5 Å². The van der Waals surface area contributed by atoms with Crippen molar-refractivity contribution in [2.75, 3.05) is 31.6 Å². The molecule has 1 fully saturated rings. The van der Waals surface area contributed by atoms with Gasteiger partial charge in [-0.15, -0.1) is 16.4 Å². The van der Waals surface area contributed by atoms with Crippen LogP contribution in [0.1, 0.15) is 49.3 Å². The molecule has 1 N–H and O–H groups in total. The molecule has 0 bridgehead atoms. The van der Waals surface area contributed by atoms with Crippen LogP contribution in [0.3, 0.4) is 0 Å². The van der Waals surface area contributed by atoms with Crippen LogP contribution in [0.4, 0.5) is 5.13 Å². The van der Waals surface area contributed by atoms with Crippen molar-refractivity contribution in [2.45, 2.75) is 52.5 Å². The summed E-state index contributed by atoms with van der Waals surface area (Å²) in [5.41, 5.74) is 1.22. The molecule has 3 rings (SSSR count).